The summed E-state index contributed by atoms with van der Waals surface area (Å²) in [5.41, 5.74) is 5.99. The van der Waals surface area contributed by atoms with Crippen LogP contribution in [-0.4, -0.2) is 129 Å². The monoisotopic (exact) mass is 963 g/mol. The normalized spacial score (nSPS) is 17.5. The maximum Gasteiger partial charge on any atom is 0.407 e. The van der Waals surface area contributed by atoms with Crippen LogP contribution in [0, 0.1) is 0 Å². The lowest BCUT2D eigenvalue weighted by molar-refractivity contribution is -0.142. The van der Waals surface area contributed by atoms with Gasteiger partial charge in [0.2, 0.25) is 17.7 Å². The van der Waals surface area contributed by atoms with Gasteiger partial charge in [0.25, 0.3) is 5.91 Å². The zero-order valence-electron chi connectivity index (χ0n) is 38.4. The number of hydrogen-bond donors (Lipinski definition) is 4. The van der Waals surface area contributed by atoms with Crippen LogP contribution in [0.1, 0.15) is 66.7 Å². The Morgan fingerprint density at radius 1 is 0.897 bits per heavy atom. The van der Waals surface area contributed by atoms with E-state index in [0.29, 0.717) is 51.1 Å². The highest BCUT2D eigenvalue weighted by atomic mass is 32.2. The smallest absolute Gasteiger partial charge is 0.407 e. The summed E-state index contributed by atoms with van der Waals surface area (Å²) >= 11 is 0.937. The number of rotatable bonds is 20. The fourth-order valence-electron chi connectivity index (χ4n) is 8.16. The number of alkyl carbamates (subject to hydrolysis) is 1. The average molecular weight is 964 g/mol. The molecule has 2 aromatic carbocycles. The molecule has 68 heavy (non-hydrogen) atoms. The van der Waals surface area contributed by atoms with Gasteiger partial charge in [0.05, 0.1) is 29.0 Å². The van der Waals surface area contributed by atoms with Gasteiger partial charge in [0, 0.05) is 82.5 Å². The maximum atomic E-state index is 14.2. The number of fused-ring (bicyclic) bond motifs is 2. The summed E-state index contributed by atoms with van der Waals surface area (Å²) in [4.78, 5) is 101. The molecule has 358 valence electrons. The molecule has 2 unspecified atom stereocenters. The van der Waals surface area contributed by atoms with Gasteiger partial charge >= 0.3 is 18.1 Å². The number of carboxylic acid groups (broad SMARTS) is 1. The molecule has 3 aliphatic heterocycles. The number of carbonyl (C=O) groups excluding carboxylic acids is 6. The van der Waals surface area contributed by atoms with Crippen molar-refractivity contribution in [1.82, 2.24) is 35.4 Å². The van der Waals surface area contributed by atoms with E-state index in [0.717, 1.165) is 74.4 Å². The number of ether oxygens (including phenoxy) is 1. The van der Waals surface area contributed by atoms with Crippen LogP contribution in [0.3, 0.4) is 0 Å². The molecule has 18 nitrogen and oxygen atoms in total. The molecule has 0 spiro atoms. The first kappa shape index (κ1) is 49.2. The van der Waals surface area contributed by atoms with Gasteiger partial charge in [-0.25, -0.2) is 19.4 Å². The van der Waals surface area contributed by atoms with Gasteiger partial charge in [-0.05, 0) is 71.5 Å². The SMILES string of the molecule is C[Si](C)(C)CCOC(=O)N[C@@H](CSC1CC(=O)N(CC(=O)NCCCCCCN2N=C(c3ccc(NC(=O)N4Cc5ccncc5C4)cc3)CC(c3cccc4ncccc34)C2=O)C1=O)C(=O)O. The van der Waals surface area contributed by atoms with Gasteiger partial charge < -0.3 is 30.7 Å². The zero-order chi connectivity index (χ0) is 48.4. The van der Waals surface area contributed by atoms with Crippen LogP contribution < -0.4 is 16.0 Å². The molecule has 7 amide bonds. The van der Waals surface area contributed by atoms with Crippen molar-refractivity contribution in [2.24, 2.45) is 5.10 Å². The summed E-state index contributed by atoms with van der Waals surface area (Å²) < 4.78 is 5.14. The molecule has 2 aromatic heterocycles. The Morgan fingerprint density at radius 3 is 2.44 bits per heavy atom. The van der Waals surface area contributed by atoms with Crippen LogP contribution in [-0.2, 0) is 41.8 Å². The largest absolute Gasteiger partial charge is 0.480 e. The summed E-state index contributed by atoms with van der Waals surface area (Å²) in [6, 6.07) is 18.2. The van der Waals surface area contributed by atoms with Crippen LogP contribution in [0.4, 0.5) is 15.3 Å². The molecule has 4 aromatic rings. The number of thioether (sulfide) groups is 1. The molecule has 0 radical (unpaired) electrons. The highest BCUT2D eigenvalue weighted by Crippen LogP contribution is 2.34. The zero-order valence-corrected chi connectivity index (χ0v) is 40.3. The fraction of sp³-hybridized carbons (Fsp3) is 0.417. The number of urea groups is 1. The second-order valence-electron chi connectivity index (χ2n) is 18.3. The third-order valence-electron chi connectivity index (χ3n) is 12.0. The van der Waals surface area contributed by atoms with Crippen molar-refractivity contribution in [3.63, 3.8) is 0 Å². The van der Waals surface area contributed by atoms with Crippen molar-refractivity contribution in [3.05, 3.63) is 102 Å². The summed E-state index contributed by atoms with van der Waals surface area (Å²) in [7, 11) is -1.46. The number of imide groups is 1. The van der Waals surface area contributed by atoms with Crippen molar-refractivity contribution >= 4 is 83.9 Å². The van der Waals surface area contributed by atoms with Crippen LogP contribution >= 0.6 is 11.8 Å². The summed E-state index contributed by atoms with van der Waals surface area (Å²) in [6.07, 6.45) is 7.31. The third kappa shape index (κ3) is 12.8. The van der Waals surface area contributed by atoms with Crippen molar-refractivity contribution in [2.75, 3.05) is 37.3 Å². The van der Waals surface area contributed by atoms with Gasteiger partial charge in [-0.3, -0.25) is 34.0 Å². The predicted octanol–water partition coefficient (Wildman–Crippen LogP) is 5.95. The molecular weight excluding hydrogens is 907 g/mol. The van der Waals surface area contributed by atoms with E-state index in [4.69, 9.17) is 9.84 Å². The van der Waals surface area contributed by atoms with E-state index in [1.807, 2.05) is 60.7 Å². The molecule has 0 bridgehead atoms. The Hall–Kier alpha value is -6.67. The molecule has 4 N–H and O–H groups in total. The van der Waals surface area contributed by atoms with E-state index in [2.05, 4.69) is 45.6 Å². The van der Waals surface area contributed by atoms with E-state index in [9.17, 15) is 38.7 Å². The lowest BCUT2D eigenvalue weighted by Crippen LogP contribution is -2.44. The van der Waals surface area contributed by atoms with Gasteiger partial charge in [-0.2, -0.15) is 5.10 Å². The molecule has 0 saturated carbocycles. The number of likely N-dealkylation sites (tertiary alicyclic amines) is 1. The van der Waals surface area contributed by atoms with Gasteiger partial charge in [0.15, 0.2) is 0 Å². The first-order chi connectivity index (χ1) is 32.6. The standard InChI is InChI=1S/C48H57N9O9SSi/c1-68(2,3)23-22-66-48(65)53-40(46(62)63)30-67-41-25-43(59)56(45(41)61)29-42(58)51-18-6-4-5-7-21-57-44(60)37(35-10-8-12-38-36(35)11-9-19-50-38)24-39(54-57)31-13-15-34(16-14-31)52-47(64)55-27-32-17-20-49-26-33(32)28-55/h8-17,19-20,26,37,40-41H,4-7,18,21-25,27-30H2,1-3H3,(H,51,58)(H,52,64)(H,53,65)(H,62,63)/t37?,40-,41?/m0/s1. The van der Waals surface area contributed by atoms with Gasteiger partial charge in [0.1, 0.15) is 12.6 Å². The minimum absolute atomic E-state index is 0.110. The molecule has 0 aliphatic carbocycles. The molecule has 20 heteroatoms. The van der Waals surface area contributed by atoms with Crippen LogP contribution in [0.25, 0.3) is 10.9 Å². The van der Waals surface area contributed by atoms with Crippen LogP contribution in [0.2, 0.25) is 25.7 Å². The number of carboxylic acids is 1. The van der Waals surface area contributed by atoms with Gasteiger partial charge in [-0.15, -0.1) is 11.8 Å². The van der Waals surface area contributed by atoms with Crippen LogP contribution in [0.15, 0.2) is 84.4 Å². The maximum absolute atomic E-state index is 14.2. The minimum atomic E-state index is -1.46. The molecule has 1 saturated heterocycles. The van der Waals surface area contributed by atoms with Crippen LogP contribution in [0.5, 0.6) is 0 Å². The first-order valence-corrected chi connectivity index (χ1v) is 27.6. The quantitative estimate of drug-likeness (QED) is 0.0457. The van der Waals surface area contributed by atoms with Crippen molar-refractivity contribution in [3.8, 4) is 0 Å². The summed E-state index contributed by atoms with van der Waals surface area (Å²) in [6.45, 7) is 7.78. The number of benzene rings is 2. The molecular formula is C48H57N9O9SSi. The number of hydrazone groups is 1. The number of aliphatic carboxylic acids is 1. The molecule has 3 aliphatic rings. The minimum Gasteiger partial charge on any atom is -0.480 e. The number of nitrogens with one attached hydrogen (secondary N) is 3. The number of aromatic nitrogens is 2. The summed E-state index contributed by atoms with van der Waals surface area (Å²) in [5, 5.41) is 24.1. The van der Waals surface area contributed by atoms with E-state index < -0.39 is 61.6 Å². The summed E-state index contributed by atoms with van der Waals surface area (Å²) in [5.74, 6) is -3.70. The van der Waals surface area contributed by atoms with E-state index in [1.165, 1.54) is 0 Å². The number of nitrogens with zero attached hydrogens (tertiary/aromatic N) is 6. The Balaban J connectivity index is 0.875. The highest BCUT2D eigenvalue weighted by Gasteiger charge is 2.41. The number of unbranched alkanes of at least 4 members (excludes halogenated alkanes) is 3. The number of anilines is 1. The Morgan fingerprint density at radius 2 is 1.68 bits per heavy atom. The number of hydrogen-bond acceptors (Lipinski definition) is 12. The number of amides is 7. The topological polar surface area (TPSA) is 233 Å². The molecule has 5 heterocycles. The molecule has 1 fully saturated rings. The molecule has 3 atom stereocenters. The Bertz CT molecular complexity index is 2540. The van der Waals surface area contributed by atoms with E-state index in [-0.39, 0.29) is 30.7 Å². The van der Waals surface area contributed by atoms with Crippen molar-refractivity contribution < 1.29 is 43.4 Å². The average Bonchev–Trinajstić information content (AvgIpc) is 3.87. The van der Waals surface area contributed by atoms with Crippen molar-refractivity contribution in [2.45, 2.75) is 94.5 Å². The highest BCUT2D eigenvalue weighted by molar-refractivity contribution is 8.00. The fourth-order valence-corrected chi connectivity index (χ4v) is 10.1. The lowest BCUT2D eigenvalue weighted by Gasteiger charge is -2.30. The number of carbonyl (C=O) groups is 7. The Kier molecular flexibility index (Phi) is 16.2. The first-order valence-electron chi connectivity index (χ1n) is 22.8. The van der Waals surface area contributed by atoms with Crippen molar-refractivity contribution in [1.29, 1.82) is 0 Å². The predicted molar refractivity (Wildman–Crippen MR) is 259 cm³/mol. The van der Waals surface area contributed by atoms with E-state index >= 15 is 0 Å². The number of pyridine rings is 2. The third-order valence-corrected chi connectivity index (χ3v) is 15.0. The second kappa shape index (κ2) is 22.4. The van der Waals surface area contributed by atoms with E-state index in [1.54, 1.807) is 28.5 Å². The lowest BCUT2D eigenvalue weighted by atomic mass is 9.86. The molecule has 7 rings (SSSR count). The second-order valence-corrected chi connectivity index (χ2v) is 25.1. The Labute approximate surface area is 399 Å². The van der Waals surface area contributed by atoms with Gasteiger partial charge in [-0.1, -0.05) is 62.8 Å².